The number of benzene rings is 2. The number of ether oxygens (including phenoxy) is 1. The third-order valence-electron chi connectivity index (χ3n) is 5.74. The smallest absolute Gasteiger partial charge is 0.252 e. The van der Waals surface area contributed by atoms with Crippen molar-refractivity contribution in [3.8, 4) is 0 Å². The molecule has 3 amide bonds. The predicted octanol–water partition coefficient (Wildman–Crippen LogP) is 2.75. The zero-order valence-corrected chi connectivity index (χ0v) is 21.4. The van der Waals surface area contributed by atoms with Crippen molar-refractivity contribution in [1.82, 2.24) is 4.31 Å². The maximum absolute atomic E-state index is 13.7. The standard InChI is InChI=1S/C23H24IN3O6S/c1-15(28)25-17-6-10-20(11-7-17)34(31,32)26(14-19-3-2-12-33-19)21-13-22(29)27(23(21)30)18-8-4-16(24)5-9-18/h4-11,19,21H,2-3,12-14H2,1H3,(H,25,28). The van der Waals surface area contributed by atoms with Gasteiger partial charge in [-0.25, -0.2) is 13.3 Å². The van der Waals surface area contributed by atoms with Crippen LogP contribution in [-0.4, -0.2) is 55.7 Å². The fraction of sp³-hybridized carbons (Fsp3) is 0.348. The number of anilines is 2. The van der Waals surface area contributed by atoms with Gasteiger partial charge in [0.25, 0.3) is 5.91 Å². The first-order valence-electron chi connectivity index (χ1n) is 10.8. The van der Waals surface area contributed by atoms with E-state index in [0.717, 1.165) is 19.2 Å². The average Bonchev–Trinajstić information content (AvgIpc) is 3.40. The van der Waals surface area contributed by atoms with Crippen LogP contribution < -0.4 is 10.2 Å². The summed E-state index contributed by atoms with van der Waals surface area (Å²) in [5, 5.41) is 2.59. The van der Waals surface area contributed by atoms with Crippen molar-refractivity contribution in [3.05, 3.63) is 52.1 Å². The second kappa shape index (κ2) is 10.1. The summed E-state index contributed by atoms with van der Waals surface area (Å²) in [6.07, 6.45) is 0.865. The van der Waals surface area contributed by atoms with E-state index in [9.17, 15) is 22.8 Å². The molecule has 0 spiro atoms. The Bertz CT molecular complexity index is 1190. The Balaban J connectivity index is 1.67. The van der Waals surface area contributed by atoms with Crippen LogP contribution in [0.1, 0.15) is 26.2 Å². The fourth-order valence-corrected chi connectivity index (χ4v) is 6.11. The quantitative estimate of drug-likeness (QED) is 0.388. The van der Waals surface area contributed by atoms with Gasteiger partial charge in [-0.05, 0) is 84.0 Å². The molecule has 2 aliphatic heterocycles. The Labute approximate surface area is 211 Å². The van der Waals surface area contributed by atoms with Crippen molar-refractivity contribution in [2.24, 2.45) is 0 Å². The summed E-state index contributed by atoms with van der Waals surface area (Å²) in [6.45, 7) is 1.85. The summed E-state index contributed by atoms with van der Waals surface area (Å²) >= 11 is 2.12. The molecular weight excluding hydrogens is 573 g/mol. The highest BCUT2D eigenvalue weighted by atomic mass is 127. The molecule has 34 heavy (non-hydrogen) atoms. The number of rotatable bonds is 7. The zero-order chi connectivity index (χ0) is 24.5. The molecular formula is C23H24IN3O6S. The van der Waals surface area contributed by atoms with Crippen molar-refractivity contribution in [2.45, 2.75) is 43.2 Å². The average molecular weight is 597 g/mol. The van der Waals surface area contributed by atoms with Crippen LogP contribution in [0.3, 0.4) is 0 Å². The number of carbonyl (C=O) groups is 3. The number of imide groups is 1. The number of carbonyl (C=O) groups excluding carboxylic acids is 3. The summed E-state index contributed by atoms with van der Waals surface area (Å²) in [5.74, 6) is -1.31. The Kier molecular flexibility index (Phi) is 7.36. The van der Waals surface area contributed by atoms with Gasteiger partial charge in [0.05, 0.1) is 23.1 Å². The first kappa shape index (κ1) is 24.8. The van der Waals surface area contributed by atoms with Gasteiger partial charge in [-0.3, -0.25) is 14.4 Å². The number of amides is 3. The van der Waals surface area contributed by atoms with E-state index < -0.39 is 27.9 Å². The van der Waals surface area contributed by atoms with Gasteiger partial charge in [0.1, 0.15) is 6.04 Å². The SMILES string of the molecule is CC(=O)Nc1ccc(S(=O)(=O)N(CC2CCCO2)C2CC(=O)N(c3ccc(I)cc3)C2=O)cc1. The van der Waals surface area contributed by atoms with E-state index in [4.69, 9.17) is 4.74 Å². The van der Waals surface area contributed by atoms with Gasteiger partial charge in [0.15, 0.2) is 0 Å². The summed E-state index contributed by atoms with van der Waals surface area (Å²) < 4.78 is 35.1. The van der Waals surface area contributed by atoms with Crippen LogP contribution >= 0.6 is 22.6 Å². The minimum Gasteiger partial charge on any atom is -0.377 e. The molecule has 2 saturated heterocycles. The van der Waals surface area contributed by atoms with Crippen LogP contribution in [0.25, 0.3) is 0 Å². The number of sulfonamides is 1. The molecule has 2 heterocycles. The Morgan fingerprint density at radius 1 is 1.15 bits per heavy atom. The Morgan fingerprint density at radius 3 is 2.41 bits per heavy atom. The van der Waals surface area contributed by atoms with E-state index in [1.165, 1.54) is 31.2 Å². The molecule has 11 heteroatoms. The Hall–Kier alpha value is -2.35. The largest absolute Gasteiger partial charge is 0.377 e. The van der Waals surface area contributed by atoms with E-state index in [0.29, 0.717) is 24.4 Å². The number of halogens is 1. The lowest BCUT2D eigenvalue weighted by Crippen LogP contribution is -2.48. The molecule has 0 aliphatic carbocycles. The lowest BCUT2D eigenvalue weighted by molar-refractivity contribution is -0.122. The van der Waals surface area contributed by atoms with Gasteiger partial charge in [-0.2, -0.15) is 4.31 Å². The third-order valence-corrected chi connectivity index (χ3v) is 8.35. The zero-order valence-electron chi connectivity index (χ0n) is 18.4. The predicted molar refractivity (Wildman–Crippen MR) is 134 cm³/mol. The van der Waals surface area contributed by atoms with Crippen molar-refractivity contribution in [2.75, 3.05) is 23.4 Å². The minimum atomic E-state index is -4.15. The molecule has 2 aliphatic rings. The lowest BCUT2D eigenvalue weighted by atomic mass is 10.2. The van der Waals surface area contributed by atoms with Crippen LogP contribution in [0.5, 0.6) is 0 Å². The van der Waals surface area contributed by atoms with Crippen LogP contribution in [0.2, 0.25) is 0 Å². The maximum Gasteiger partial charge on any atom is 0.252 e. The second-order valence-corrected chi connectivity index (χ2v) is 11.3. The van der Waals surface area contributed by atoms with Crippen molar-refractivity contribution < 1.29 is 27.5 Å². The third kappa shape index (κ3) is 5.16. The molecule has 180 valence electrons. The van der Waals surface area contributed by atoms with Crippen LogP contribution in [0, 0.1) is 3.57 Å². The minimum absolute atomic E-state index is 0.0278. The van der Waals surface area contributed by atoms with Gasteiger partial charge < -0.3 is 10.1 Å². The van der Waals surface area contributed by atoms with Crippen LogP contribution in [0.4, 0.5) is 11.4 Å². The maximum atomic E-state index is 13.7. The first-order valence-corrected chi connectivity index (χ1v) is 13.3. The normalized spacial score (nSPS) is 20.9. The summed E-state index contributed by atoms with van der Waals surface area (Å²) in [6, 6.07) is 11.4. The van der Waals surface area contributed by atoms with E-state index in [2.05, 4.69) is 27.9 Å². The topological polar surface area (TPSA) is 113 Å². The molecule has 2 aromatic carbocycles. The molecule has 0 radical (unpaired) electrons. The molecule has 2 fully saturated rings. The van der Waals surface area contributed by atoms with Crippen LogP contribution in [0.15, 0.2) is 53.4 Å². The molecule has 1 N–H and O–H groups in total. The monoisotopic (exact) mass is 597 g/mol. The highest BCUT2D eigenvalue weighted by Gasteiger charge is 2.47. The first-order chi connectivity index (χ1) is 16.2. The summed E-state index contributed by atoms with van der Waals surface area (Å²) in [7, 11) is -4.15. The molecule has 2 unspecified atom stereocenters. The summed E-state index contributed by atoms with van der Waals surface area (Å²) in [4.78, 5) is 38.5. The molecule has 9 nitrogen and oxygen atoms in total. The van der Waals surface area contributed by atoms with E-state index in [-0.39, 0.29) is 29.9 Å². The molecule has 2 atom stereocenters. The molecule has 2 aromatic rings. The van der Waals surface area contributed by atoms with Gasteiger partial charge in [-0.15, -0.1) is 0 Å². The van der Waals surface area contributed by atoms with Crippen LogP contribution in [-0.2, 0) is 29.1 Å². The van der Waals surface area contributed by atoms with Gasteiger partial charge >= 0.3 is 0 Å². The van der Waals surface area contributed by atoms with Gasteiger partial charge in [-0.1, -0.05) is 0 Å². The summed E-state index contributed by atoms with van der Waals surface area (Å²) in [5.41, 5.74) is 0.862. The van der Waals surface area contributed by atoms with Crippen molar-refractivity contribution in [1.29, 1.82) is 0 Å². The number of nitrogens with zero attached hydrogens (tertiary/aromatic N) is 2. The molecule has 0 aromatic heterocycles. The van der Waals surface area contributed by atoms with Crippen molar-refractivity contribution >= 4 is 61.7 Å². The highest BCUT2D eigenvalue weighted by Crippen LogP contribution is 2.31. The fourth-order valence-electron chi connectivity index (χ4n) is 4.13. The van der Waals surface area contributed by atoms with E-state index >= 15 is 0 Å². The lowest BCUT2D eigenvalue weighted by Gasteiger charge is -2.29. The number of hydrogen-bond acceptors (Lipinski definition) is 6. The second-order valence-electron chi connectivity index (χ2n) is 8.18. The van der Waals surface area contributed by atoms with Gasteiger partial charge in [0, 0.05) is 29.3 Å². The van der Waals surface area contributed by atoms with E-state index in [1.807, 2.05) is 0 Å². The Morgan fingerprint density at radius 2 is 1.82 bits per heavy atom. The van der Waals surface area contributed by atoms with E-state index in [1.54, 1.807) is 24.3 Å². The molecule has 4 rings (SSSR count). The highest BCUT2D eigenvalue weighted by molar-refractivity contribution is 14.1. The number of nitrogens with one attached hydrogen (secondary N) is 1. The van der Waals surface area contributed by atoms with Gasteiger partial charge in [0.2, 0.25) is 21.8 Å². The molecule has 0 bridgehead atoms. The van der Waals surface area contributed by atoms with Crippen molar-refractivity contribution in [3.63, 3.8) is 0 Å². The number of hydrogen-bond donors (Lipinski definition) is 1. The molecule has 0 saturated carbocycles.